The second kappa shape index (κ2) is 10.3. The standard InChI is InChI=1S/C21H22ClN3O3/c1-3-10-25(13-20(26)24-18-7-5-4-6-15(18)2)21(27)14-28-19-9-8-16(12-23)11-17(19)22/h4-9,11H,3,10,13-14H2,1-2H3,(H,24,26). The third-order valence-corrected chi connectivity index (χ3v) is 4.31. The van der Waals surface area contributed by atoms with Crippen molar-refractivity contribution in [1.29, 1.82) is 5.26 Å². The molecule has 0 bridgehead atoms. The highest BCUT2D eigenvalue weighted by molar-refractivity contribution is 6.32. The van der Waals surface area contributed by atoms with Crippen LogP contribution < -0.4 is 10.1 Å². The Bertz CT molecular complexity index is 893. The van der Waals surface area contributed by atoms with Crippen LogP contribution in [0.4, 0.5) is 5.69 Å². The predicted octanol–water partition coefficient (Wildman–Crippen LogP) is 3.78. The molecule has 0 fully saturated rings. The van der Waals surface area contributed by atoms with E-state index >= 15 is 0 Å². The van der Waals surface area contributed by atoms with Crippen LogP contribution in [-0.4, -0.2) is 36.4 Å². The van der Waals surface area contributed by atoms with Crippen LogP contribution in [0.2, 0.25) is 5.02 Å². The maximum absolute atomic E-state index is 12.5. The number of amides is 2. The van der Waals surface area contributed by atoms with E-state index in [0.29, 0.717) is 24.3 Å². The van der Waals surface area contributed by atoms with Crippen molar-refractivity contribution in [2.75, 3.05) is 25.0 Å². The first-order valence-electron chi connectivity index (χ1n) is 8.90. The molecule has 2 aromatic rings. The van der Waals surface area contributed by atoms with E-state index in [1.54, 1.807) is 12.1 Å². The third kappa shape index (κ3) is 6.00. The fourth-order valence-electron chi connectivity index (χ4n) is 2.56. The van der Waals surface area contributed by atoms with E-state index in [1.165, 1.54) is 11.0 Å². The molecule has 0 radical (unpaired) electrons. The Morgan fingerprint density at radius 3 is 2.64 bits per heavy atom. The molecule has 0 atom stereocenters. The van der Waals surface area contributed by atoms with Crippen molar-refractivity contribution in [3.63, 3.8) is 0 Å². The van der Waals surface area contributed by atoms with Crippen LogP contribution >= 0.6 is 11.6 Å². The summed E-state index contributed by atoms with van der Waals surface area (Å²) in [5.74, 6) is -0.274. The number of nitrogens with zero attached hydrogens (tertiary/aromatic N) is 2. The molecule has 0 aromatic heterocycles. The molecule has 0 aliphatic carbocycles. The maximum Gasteiger partial charge on any atom is 0.260 e. The van der Waals surface area contributed by atoms with E-state index in [2.05, 4.69) is 5.32 Å². The van der Waals surface area contributed by atoms with Crippen molar-refractivity contribution in [1.82, 2.24) is 4.90 Å². The Morgan fingerprint density at radius 1 is 1.25 bits per heavy atom. The van der Waals surface area contributed by atoms with E-state index in [-0.39, 0.29) is 30.0 Å². The van der Waals surface area contributed by atoms with Crippen LogP contribution in [0, 0.1) is 18.3 Å². The number of ether oxygens (including phenoxy) is 1. The van der Waals surface area contributed by atoms with Crippen molar-refractivity contribution < 1.29 is 14.3 Å². The van der Waals surface area contributed by atoms with Crippen LogP contribution in [-0.2, 0) is 9.59 Å². The molecule has 2 amide bonds. The first kappa shape index (κ1) is 21.3. The Hall–Kier alpha value is -3.04. The van der Waals surface area contributed by atoms with Gasteiger partial charge in [-0.05, 0) is 43.2 Å². The van der Waals surface area contributed by atoms with Crippen molar-refractivity contribution in [2.45, 2.75) is 20.3 Å². The van der Waals surface area contributed by atoms with Crippen molar-refractivity contribution >= 4 is 29.1 Å². The first-order chi connectivity index (χ1) is 13.4. The number of carbonyl (C=O) groups excluding carboxylic acids is 2. The lowest BCUT2D eigenvalue weighted by Crippen LogP contribution is -2.41. The number of aryl methyl sites for hydroxylation is 1. The SMILES string of the molecule is CCCN(CC(=O)Nc1ccccc1C)C(=O)COc1ccc(C#N)cc1Cl. The van der Waals surface area contributed by atoms with Gasteiger partial charge in [-0.3, -0.25) is 9.59 Å². The van der Waals surface area contributed by atoms with Gasteiger partial charge in [0.15, 0.2) is 6.61 Å². The molecule has 2 rings (SSSR count). The number of halogens is 1. The van der Waals surface area contributed by atoms with Gasteiger partial charge in [0.2, 0.25) is 5.91 Å². The Kier molecular flexibility index (Phi) is 7.85. The van der Waals surface area contributed by atoms with Gasteiger partial charge in [-0.2, -0.15) is 5.26 Å². The normalized spacial score (nSPS) is 10.1. The van der Waals surface area contributed by atoms with Gasteiger partial charge >= 0.3 is 0 Å². The highest BCUT2D eigenvalue weighted by Crippen LogP contribution is 2.25. The van der Waals surface area contributed by atoms with Gasteiger partial charge in [0.1, 0.15) is 5.75 Å². The Labute approximate surface area is 169 Å². The van der Waals surface area contributed by atoms with E-state index in [4.69, 9.17) is 21.6 Å². The minimum atomic E-state index is -0.317. The topological polar surface area (TPSA) is 82.4 Å². The molecule has 28 heavy (non-hydrogen) atoms. The lowest BCUT2D eigenvalue weighted by atomic mass is 10.2. The zero-order valence-electron chi connectivity index (χ0n) is 15.9. The van der Waals surface area contributed by atoms with Crippen LogP contribution in [0.15, 0.2) is 42.5 Å². The van der Waals surface area contributed by atoms with Crippen LogP contribution in [0.3, 0.4) is 0 Å². The summed E-state index contributed by atoms with van der Waals surface area (Å²) in [4.78, 5) is 26.3. The van der Waals surface area contributed by atoms with Crippen LogP contribution in [0.1, 0.15) is 24.5 Å². The monoisotopic (exact) mass is 399 g/mol. The molecule has 2 aromatic carbocycles. The summed E-state index contributed by atoms with van der Waals surface area (Å²) < 4.78 is 5.48. The van der Waals surface area contributed by atoms with Gasteiger partial charge in [0.05, 0.1) is 23.2 Å². The quantitative estimate of drug-likeness (QED) is 0.732. The van der Waals surface area contributed by atoms with Crippen LogP contribution in [0.25, 0.3) is 0 Å². The van der Waals surface area contributed by atoms with Crippen molar-refractivity contribution in [2.24, 2.45) is 0 Å². The van der Waals surface area contributed by atoms with Gasteiger partial charge in [-0.1, -0.05) is 36.7 Å². The lowest BCUT2D eigenvalue weighted by molar-refractivity contribution is -0.136. The molecule has 0 aliphatic rings. The number of anilines is 1. The van der Waals surface area contributed by atoms with Gasteiger partial charge in [0.25, 0.3) is 5.91 Å². The summed E-state index contributed by atoms with van der Waals surface area (Å²) in [5, 5.41) is 11.9. The zero-order valence-corrected chi connectivity index (χ0v) is 16.6. The molecule has 7 heteroatoms. The van der Waals surface area contributed by atoms with Gasteiger partial charge in [-0.15, -0.1) is 0 Å². The summed E-state index contributed by atoms with van der Waals surface area (Å²) in [6.07, 6.45) is 0.709. The minimum Gasteiger partial charge on any atom is -0.482 e. The van der Waals surface area contributed by atoms with E-state index in [0.717, 1.165) is 11.3 Å². The summed E-state index contributed by atoms with van der Waals surface area (Å²) in [6.45, 7) is 3.96. The highest BCUT2D eigenvalue weighted by Gasteiger charge is 2.18. The number of hydrogen-bond acceptors (Lipinski definition) is 4. The number of carbonyl (C=O) groups is 2. The smallest absolute Gasteiger partial charge is 0.260 e. The molecule has 0 saturated carbocycles. The van der Waals surface area contributed by atoms with E-state index in [9.17, 15) is 9.59 Å². The highest BCUT2D eigenvalue weighted by atomic mass is 35.5. The zero-order chi connectivity index (χ0) is 20.5. The fraction of sp³-hybridized carbons (Fsp3) is 0.286. The van der Waals surface area contributed by atoms with E-state index < -0.39 is 0 Å². The number of para-hydroxylation sites is 1. The summed E-state index contributed by atoms with van der Waals surface area (Å²) in [6, 6.07) is 14.0. The average Bonchev–Trinajstić information content (AvgIpc) is 2.68. The minimum absolute atomic E-state index is 0.0640. The third-order valence-electron chi connectivity index (χ3n) is 4.01. The molecule has 0 spiro atoms. The molecular formula is C21H22ClN3O3. The fourth-order valence-corrected chi connectivity index (χ4v) is 2.79. The predicted molar refractivity (Wildman–Crippen MR) is 108 cm³/mol. The average molecular weight is 400 g/mol. The largest absolute Gasteiger partial charge is 0.482 e. The second-order valence-corrected chi connectivity index (χ2v) is 6.63. The van der Waals surface area contributed by atoms with Crippen molar-refractivity contribution in [3.8, 4) is 11.8 Å². The molecule has 0 unspecified atom stereocenters. The molecule has 0 aliphatic heterocycles. The van der Waals surface area contributed by atoms with Gasteiger partial charge in [-0.25, -0.2) is 0 Å². The van der Waals surface area contributed by atoms with Crippen molar-refractivity contribution in [3.05, 3.63) is 58.6 Å². The van der Waals surface area contributed by atoms with Crippen LogP contribution in [0.5, 0.6) is 5.75 Å². The summed E-state index contributed by atoms with van der Waals surface area (Å²) >= 11 is 6.06. The second-order valence-electron chi connectivity index (χ2n) is 6.22. The Morgan fingerprint density at radius 2 is 2.00 bits per heavy atom. The van der Waals surface area contributed by atoms with E-state index in [1.807, 2.05) is 44.2 Å². The molecule has 146 valence electrons. The number of hydrogen-bond donors (Lipinski definition) is 1. The molecule has 0 heterocycles. The summed E-state index contributed by atoms with van der Waals surface area (Å²) in [5.41, 5.74) is 2.07. The first-order valence-corrected chi connectivity index (χ1v) is 9.28. The number of nitriles is 1. The number of rotatable bonds is 8. The number of benzene rings is 2. The number of nitrogens with one attached hydrogen (secondary N) is 1. The van der Waals surface area contributed by atoms with Gasteiger partial charge in [0, 0.05) is 12.2 Å². The Balaban J connectivity index is 1.96. The summed E-state index contributed by atoms with van der Waals surface area (Å²) in [7, 11) is 0. The maximum atomic E-state index is 12.5. The van der Waals surface area contributed by atoms with Gasteiger partial charge < -0.3 is 15.0 Å². The molecule has 6 nitrogen and oxygen atoms in total. The molecular weight excluding hydrogens is 378 g/mol. The molecule has 1 N–H and O–H groups in total. The lowest BCUT2D eigenvalue weighted by Gasteiger charge is -2.22. The molecule has 0 saturated heterocycles.